The summed E-state index contributed by atoms with van der Waals surface area (Å²) in [5.74, 6) is 0.441. The molecule has 6 nitrogen and oxygen atoms in total. The molecule has 0 aromatic carbocycles. The average molecular weight is 525 g/mol. The van der Waals surface area contributed by atoms with E-state index in [9.17, 15) is 19.5 Å². The minimum absolute atomic E-state index is 0.0660. The zero-order valence-corrected chi connectivity index (χ0v) is 24.3. The lowest BCUT2D eigenvalue weighted by atomic mass is 9.44. The minimum atomic E-state index is -0.887. The van der Waals surface area contributed by atoms with Gasteiger partial charge >= 0.3 is 11.9 Å². The van der Waals surface area contributed by atoms with Crippen molar-refractivity contribution in [3.8, 4) is 0 Å². The molecule has 0 bridgehead atoms. The highest BCUT2D eigenvalue weighted by Crippen LogP contribution is 2.75. The van der Waals surface area contributed by atoms with E-state index in [1.807, 2.05) is 0 Å². The van der Waals surface area contributed by atoms with Crippen LogP contribution in [0.2, 0.25) is 0 Å². The van der Waals surface area contributed by atoms with Crippen LogP contribution in [0.5, 0.6) is 0 Å². The fraction of sp³-hybridized carbons (Fsp3) is 0.719. The number of fused-ring (bicyclic) bond motifs is 2. The maximum Gasteiger partial charge on any atom is 0.330 e. The molecular formula is C32H44O6. The molecule has 8 atom stereocenters. The number of carboxylic acid groups (broad SMARTS) is 1. The van der Waals surface area contributed by atoms with Crippen LogP contribution in [-0.4, -0.2) is 35.0 Å². The molecule has 5 rings (SSSR count). The Bertz CT molecular complexity index is 1190. The van der Waals surface area contributed by atoms with Crippen LogP contribution in [0.1, 0.15) is 93.9 Å². The van der Waals surface area contributed by atoms with Crippen LogP contribution < -0.4 is 0 Å². The first-order valence-corrected chi connectivity index (χ1v) is 14.3. The SMILES string of the molecule is CC(=O)O[C@H]1C[C@@]2(C)C3=C4[C@@H](C[C@]2(C)[C@H]1[C@H](C)CC/C=C(/C)C(=O)O)OC1=CC(=O)C(C)(C)[C@H](CC3)[C@]14C. The lowest BCUT2D eigenvalue weighted by molar-refractivity contribution is -0.150. The number of carbonyl (C=O) groups excluding carboxylic acids is 2. The third-order valence-corrected chi connectivity index (χ3v) is 11.8. The molecule has 1 saturated carbocycles. The topological polar surface area (TPSA) is 89.9 Å². The monoisotopic (exact) mass is 524 g/mol. The Hall–Kier alpha value is -2.37. The summed E-state index contributed by atoms with van der Waals surface area (Å²) in [6, 6.07) is 0. The largest absolute Gasteiger partial charge is 0.489 e. The van der Waals surface area contributed by atoms with Crippen LogP contribution in [0.4, 0.5) is 0 Å². The van der Waals surface area contributed by atoms with E-state index in [1.165, 1.54) is 18.1 Å². The van der Waals surface area contributed by atoms with Crippen molar-refractivity contribution in [1.82, 2.24) is 0 Å². The van der Waals surface area contributed by atoms with Crippen molar-refractivity contribution < 1.29 is 29.0 Å². The zero-order chi connectivity index (χ0) is 28.0. The Morgan fingerprint density at radius 2 is 1.87 bits per heavy atom. The molecule has 208 valence electrons. The maximum atomic E-state index is 13.1. The molecule has 1 saturated heterocycles. The number of carboxylic acids is 1. The van der Waals surface area contributed by atoms with Crippen molar-refractivity contribution in [3.63, 3.8) is 0 Å². The van der Waals surface area contributed by atoms with Crippen molar-refractivity contribution in [2.24, 2.45) is 39.4 Å². The van der Waals surface area contributed by atoms with Gasteiger partial charge in [-0.15, -0.1) is 0 Å². The number of carbonyl (C=O) groups is 3. The van der Waals surface area contributed by atoms with E-state index >= 15 is 0 Å². The van der Waals surface area contributed by atoms with Crippen LogP contribution in [-0.2, 0) is 23.9 Å². The van der Waals surface area contributed by atoms with Gasteiger partial charge in [-0.2, -0.15) is 0 Å². The fourth-order valence-corrected chi connectivity index (χ4v) is 9.75. The second kappa shape index (κ2) is 8.56. The standard InChI is InChI=1S/C32H44O6/c1-17(10-9-11-18(2)28(35)36)26-21(37-19(3)33)15-30(6)20-12-13-23-29(4,5)24(34)14-25-32(23,8)27(20)22(38-25)16-31(26,30)7/h11,14,17,21-23,26H,9-10,12-13,15-16H2,1-8H3,(H,35,36)/b18-11-/t17-,21+,22-,23+,26+,30+,31-,32-/m1/s1. The molecule has 0 aromatic heterocycles. The highest BCUT2D eigenvalue weighted by molar-refractivity contribution is 5.97. The first-order chi connectivity index (χ1) is 17.6. The summed E-state index contributed by atoms with van der Waals surface area (Å²) in [5, 5.41) is 9.26. The molecule has 0 radical (unpaired) electrons. The molecule has 5 aliphatic rings. The number of hydrogen-bond donors (Lipinski definition) is 1. The van der Waals surface area contributed by atoms with Gasteiger partial charge in [0.05, 0.1) is 5.41 Å². The molecule has 1 N–H and O–H groups in total. The molecule has 1 heterocycles. The van der Waals surface area contributed by atoms with E-state index in [4.69, 9.17) is 9.47 Å². The van der Waals surface area contributed by atoms with Crippen molar-refractivity contribution in [1.29, 1.82) is 0 Å². The van der Waals surface area contributed by atoms with Gasteiger partial charge in [-0.1, -0.05) is 46.3 Å². The number of allylic oxidation sites excluding steroid dienone is 4. The van der Waals surface area contributed by atoms with E-state index in [1.54, 1.807) is 19.1 Å². The molecule has 38 heavy (non-hydrogen) atoms. The molecule has 2 fully saturated rings. The minimum Gasteiger partial charge on any atom is -0.489 e. The van der Waals surface area contributed by atoms with Crippen molar-refractivity contribution in [2.75, 3.05) is 0 Å². The molecule has 6 heteroatoms. The third kappa shape index (κ3) is 3.47. The second-order valence-corrected chi connectivity index (χ2v) is 14.0. The first-order valence-electron chi connectivity index (χ1n) is 14.3. The molecule has 4 aliphatic carbocycles. The van der Waals surface area contributed by atoms with E-state index in [-0.39, 0.29) is 58.0 Å². The van der Waals surface area contributed by atoms with Crippen LogP contribution >= 0.6 is 0 Å². The molecule has 0 aromatic rings. The van der Waals surface area contributed by atoms with Gasteiger partial charge in [0.1, 0.15) is 18.0 Å². The lowest BCUT2D eigenvalue weighted by Gasteiger charge is -2.57. The van der Waals surface area contributed by atoms with Gasteiger partial charge in [0, 0.05) is 29.9 Å². The summed E-state index contributed by atoms with van der Waals surface area (Å²) < 4.78 is 12.8. The molecule has 0 unspecified atom stereocenters. The molecule has 0 amide bonds. The number of rotatable bonds is 6. The third-order valence-electron chi connectivity index (χ3n) is 11.8. The summed E-state index contributed by atoms with van der Waals surface area (Å²) in [7, 11) is 0. The van der Waals surface area contributed by atoms with Crippen molar-refractivity contribution >= 4 is 17.7 Å². The Morgan fingerprint density at radius 1 is 1.18 bits per heavy atom. The van der Waals surface area contributed by atoms with Gasteiger partial charge in [0.15, 0.2) is 5.78 Å². The number of ketones is 1. The van der Waals surface area contributed by atoms with Crippen LogP contribution in [0.3, 0.4) is 0 Å². The summed E-state index contributed by atoms with van der Waals surface area (Å²) in [4.78, 5) is 36.7. The predicted octanol–water partition coefficient (Wildman–Crippen LogP) is 6.41. The van der Waals surface area contributed by atoms with Crippen LogP contribution in [0, 0.1) is 39.4 Å². The normalized spacial score (nSPS) is 41.6. The van der Waals surface area contributed by atoms with Crippen LogP contribution in [0.25, 0.3) is 0 Å². The highest BCUT2D eigenvalue weighted by atomic mass is 16.5. The average Bonchev–Trinajstić information content (AvgIpc) is 3.20. The van der Waals surface area contributed by atoms with Crippen LogP contribution in [0.15, 0.2) is 34.6 Å². The van der Waals surface area contributed by atoms with E-state index in [0.29, 0.717) is 12.0 Å². The number of hydrogen-bond acceptors (Lipinski definition) is 5. The molecular weight excluding hydrogens is 480 g/mol. The Labute approximate surface area is 226 Å². The summed E-state index contributed by atoms with van der Waals surface area (Å²) in [6.07, 6.45) is 8.33. The van der Waals surface area contributed by atoms with E-state index in [0.717, 1.165) is 37.9 Å². The fourth-order valence-electron chi connectivity index (χ4n) is 9.75. The molecule has 1 aliphatic heterocycles. The molecule has 0 spiro atoms. The van der Waals surface area contributed by atoms with Gasteiger partial charge in [0.25, 0.3) is 0 Å². The van der Waals surface area contributed by atoms with Gasteiger partial charge in [-0.3, -0.25) is 9.59 Å². The maximum absolute atomic E-state index is 13.1. The predicted molar refractivity (Wildman–Crippen MR) is 144 cm³/mol. The number of esters is 1. The first kappa shape index (κ1) is 27.2. The second-order valence-electron chi connectivity index (χ2n) is 14.0. The summed E-state index contributed by atoms with van der Waals surface area (Å²) in [6.45, 7) is 16.6. The summed E-state index contributed by atoms with van der Waals surface area (Å²) in [5.41, 5.74) is 2.22. The van der Waals surface area contributed by atoms with Crippen molar-refractivity contribution in [3.05, 3.63) is 34.6 Å². The van der Waals surface area contributed by atoms with Gasteiger partial charge in [-0.25, -0.2) is 4.79 Å². The zero-order valence-electron chi connectivity index (χ0n) is 24.3. The Balaban J connectivity index is 1.57. The quantitative estimate of drug-likeness (QED) is 0.245. The van der Waals surface area contributed by atoms with Gasteiger partial charge < -0.3 is 14.6 Å². The van der Waals surface area contributed by atoms with Gasteiger partial charge in [0.2, 0.25) is 0 Å². The number of aliphatic carboxylic acids is 1. The Kier molecular flexibility index (Phi) is 6.13. The highest BCUT2D eigenvalue weighted by Gasteiger charge is 2.71. The van der Waals surface area contributed by atoms with E-state index < -0.39 is 11.4 Å². The smallest absolute Gasteiger partial charge is 0.330 e. The van der Waals surface area contributed by atoms with Gasteiger partial charge in [-0.05, 0) is 80.6 Å². The lowest BCUT2D eigenvalue weighted by Crippen LogP contribution is -2.53. The number of ether oxygens (including phenoxy) is 2. The summed E-state index contributed by atoms with van der Waals surface area (Å²) >= 11 is 0. The van der Waals surface area contributed by atoms with E-state index in [2.05, 4.69) is 41.5 Å². The van der Waals surface area contributed by atoms with Crippen molar-refractivity contribution in [2.45, 2.75) is 106 Å². The Morgan fingerprint density at radius 3 is 2.50 bits per heavy atom.